The molecule has 0 unspecified atom stereocenters. The minimum Gasteiger partial charge on any atom is -0.546 e. The molecule has 18 heteroatoms. The third-order valence-electron chi connectivity index (χ3n) is 9.27. The smallest absolute Gasteiger partial charge is 0.417 e. The number of hydrogen-bond donors (Lipinski definition) is 2. The van der Waals surface area contributed by atoms with E-state index in [9.17, 15) is 48.6 Å². The first-order valence-electron chi connectivity index (χ1n) is 19.2. The van der Waals surface area contributed by atoms with Gasteiger partial charge in [0.25, 0.3) is 11.8 Å². The highest BCUT2D eigenvalue weighted by Gasteiger charge is 2.38. The first-order valence-corrected chi connectivity index (χ1v) is 19.2. The van der Waals surface area contributed by atoms with E-state index in [0.29, 0.717) is 25.9 Å². The number of ether oxygens (including phenoxy) is 4. The van der Waals surface area contributed by atoms with Crippen molar-refractivity contribution in [3.05, 3.63) is 143 Å². The van der Waals surface area contributed by atoms with E-state index in [1.165, 1.54) is 24.3 Å². The highest BCUT2D eigenvalue weighted by atomic mass is 16.6. The molecule has 4 aromatic carbocycles. The Kier molecular flexibility index (Phi) is 17.4. The minimum atomic E-state index is -2.40. The maximum atomic E-state index is 12.1. The lowest BCUT2D eigenvalue weighted by Crippen LogP contribution is -2.64. The second kappa shape index (κ2) is 22.8. The van der Waals surface area contributed by atoms with Gasteiger partial charge in [-0.3, -0.25) is 9.59 Å². The van der Waals surface area contributed by atoms with Crippen LogP contribution in [0.5, 0.6) is 0 Å². The summed E-state index contributed by atoms with van der Waals surface area (Å²) < 4.78 is 19.6. The predicted octanol–water partition coefficient (Wildman–Crippen LogP) is -0.114. The van der Waals surface area contributed by atoms with E-state index in [0.717, 1.165) is 32.1 Å². The average molecular weight is 855 g/mol. The predicted molar refractivity (Wildman–Crippen MR) is 210 cm³/mol. The third kappa shape index (κ3) is 13.8. The van der Waals surface area contributed by atoms with Gasteiger partial charge in [0.2, 0.25) is 0 Å². The highest BCUT2D eigenvalue weighted by molar-refractivity contribution is 5.97. The number of imide groups is 2. The highest BCUT2D eigenvalue weighted by Crippen LogP contribution is 2.15. The van der Waals surface area contributed by atoms with Gasteiger partial charge >= 0.3 is 24.1 Å². The van der Waals surface area contributed by atoms with Gasteiger partial charge in [-0.25, -0.2) is 29.0 Å². The SMILES string of the molecule is Cc1ccc(C(=O)O[C@@H](C(=O)[O-])[C@@H](OC(=O)c2ccc(C)cc2)C(=O)[O-])cc1.[NH3+][C@@H]1CCN(C(=O)OCc2ccccc2)C1=O.[NH3+][C@@H]1CCN(C(=O)OCc2ccccc2)C1=O. The van der Waals surface area contributed by atoms with Gasteiger partial charge in [-0.1, -0.05) is 96.1 Å². The van der Waals surface area contributed by atoms with Crippen molar-refractivity contribution in [2.24, 2.45) is 0 Å². The van der Waals surface area contributed by atoms with Crippen LogP contribution in [0.4, 0.5) is 9.59 Å². The lowest BCUT2D eigenvalue weighted by atomic mass is 10.1. The Morgan fingerprint density at radius 2 is 0.887 bits per heavy atom. The summed E-state index contributed by atoms with van der Waals surface area (Å²) in [5.41, 5.74) is 10.8. The molecule has 4 atom stereocenters. The molecule has 0 radical (unpaired) electrons. The third-order valence-corrected chi connectivity index (χ3v) is 9.27. The maximum absolute atomic E-state index is 12.1. The first-order chi connectivity index (χ1) is 29.5. The van der Waals surface area contributed by atoms with Gasteiger partial charge in [0.1, 0.15) is 13.2 Å². The number of carbonyl (C=O) groups is 8. The lowest BCUT2D eigenvalue weighted by molar-refractivity contribution is -0.401. The lowest BCUT2D eigenvalue weighted by Gasteiger charge is -2.28. The number of carbonyl (C=O) groups excluding carboxylic acids is 8. The zero-order chi connectivity index (χ0) is 45.3. The van der Waals surface area contributed by atoms with Crippen LogP contribution in [0.2, 0.25) is 0 Å². The molecule has 6 rings (SSSR count). The number of benzene rings is 4. The zero-order valence-electron chi connectivity index (χ0n) is 34.0. The van der Waals surface area contributed by atoms with Crippen LogP contribution in [0.1, 0.15) is 55.8 Å². The number of esters is 2. The summed E-state index contributed by atoms with van der Waals surface area (Å²) in [6, 6.07) is 29.9. The van der Waals surface area contributed by atoms with Crippen LogP contribution in [0.25, 0.3) is 0 Å². The minimum absolute atomic E-state index is 0.0150. The van der Waals surface area contributed by atoms with Crippen molar-refractivity contribution in [3.63, 3.8) is 0 Å². The van der Waals surface area contributed by atoms with Crippen LogP contribution in [0.15, 0.2) is 109 Å². The van der Waals surface area contributed by atoms with Gasteiger partial charge in [0, 0.05) is 25.9 Å². The van der Waals surface area contributed by atoms with Crippen LogP contribution in [-0.4, -0.2) is 95.1 Å². The van der Waals surface area contributed by atoms with Gasteiger partial charge in [-0.15, -0.1) is 0 Å². The van der Waals surface area contributed by atoms with Crippen LogP contribution < -0.4 is 21.7 Å². The van der Waals surface area contributed by atoms with Crippen LogP contribution >= 0.6 is 0 Å². The van der Waals surface area contributed by atoms with Crippen molar-refractivity contribution < 1.29 is 79.0 Å². The van der Waals surface area contributed by atoms with Crippen molar-refractivity contribution >= 4 is 47.9 Å². The number of nitrogens with zero attached hydrogens (tertiary/aromatic N) is 2. The van der Waals surface area contributed by atoms with Crippen molar-refractivity contribution in [2.45, 2.75) is 64.2 Å². The second-order valence-electron chi connectivity index (χ2n) is 14.1. The van der Waals surface area contributed by atoms with Crippen LogP contribution in [-0.2, 0) is 51.3 Å². The molecule has 0 aliphatic carbocycles. The molecular formula is C44H46N4O14. The molecule has 0 saturated carbocycles. The molecule has 6 N–H and O–H groups in total. The molecule has 2 aliphatic heterocycles. The van der Waals surface area contributed by atoms with E-state index < -0.39 is 48.3 Å². The van der Waals surface area contributed by atoms with Crippen LogP contribution in [0, 0.1) is 13.8 Å². The standard InChI is InChI=1S/C20H18O8.2C12H14N2O3/c1-11-3-7-13(8-4-11)19(25)27-15(17(21)22)16(18(23)24)28-20(26)14-9-5-12(2)6-10-14;2*13-10-6-7-14(11(10)15)12(16)17-8-9-4-2-1-3-5-9/h3-10,15-16H,1-2H3,(H,21,22)(H,23,24);2*1-5,10H,6-8,13H2/t15-,16-;2*10-/m111/s1. The zero-order valence-corrected chi connectivity index (χ0v) is 34.0. The largest absolute Gasteiger partial charge is 0.546 e. The first kappa shape index (κ1) is 47.2. The Morgan fingerprint density at radius 1 is 0.565 bits per heavy atom. The normalized spacial score (nSPS) is 16.3. The average Bonchev–Trinajstić information content (AvgIpc) is 3.79. The molecule has 4 aromatic rings. The summed E-state index contributed by atoms with van der Waals surface area (Å²) >= 11 is 0. The summed E-state index contributed by atoms with van der Waals surface area (Å²) in [5, 5.41) is 22.7. The number of likely N-dealkylation sites (tertiary alicyclic amines) is 2. The molecule has 0 spiro atoms. The Hall–Kier alpha value is -7.44. The molecule has 0 bridgehead atoms. The van der Waals surface area contributed by atoms with E-state index >= 15 is 0 Å². The van der Waals surface area contributed by atoms with E-state index in [4.69, 9.17) is 18.9 Å². The number of amides is 4. The van der Waals surface area contributed by atoms with Crippen molar-refractivity contribution in [1.29, 1.82) is 0 Å². The Morgan fingerprint density at radius 3 is 1.16 bits per heavy atom. The topological polar surface area (TPSA) is 281 Å². The summed E-state index contributed by atoms with van der Waals surface area (Å²) in [4.78, 5) is 95.5. The van der Waals surface area contributed by atoms with Gasteiger partial charge in [0.05, 0.1) is 23.1 Å². The molecule has 4 amide bonds. The van der Waals surface area contributed by atoms with Gasteiger partial charge in [0.15, 0.2) is 24.3 Å². The Balaban J connectivity index is 0.000000215. The van der Waals surface area contributed by atoms with Crippen molar-refractivity contribution in [3.8, 4) is 0 Å². The number of quaternary nitrogens is 2. The van der Waals surface area contributed by atoms with Crippen molar-refractivity contribution in [1.82, 2.24) is 9.80 Å². The summed E-state index contributed by atoms with van der Waals surface area (Å²) in [7, 11) is 0. The molecule has 18 nitrogen and oxygen atoms in total. The summed E-state index contributed by atoms with van der Waals surface area (Å²) in [5.74, 6) is -6.83. The molecule has 2 fully saturated rings. The van der Waals surface area contributed by atoms with Crippen LogP contribution in [0.3, 0.4) is 0 Å². The van der Waals surface area contributed by atoms with E-state index in [1.54, 1.807) is 38.1 Å². The molecule has 326 valence electrons. The number of aliphatic carboxylic acids is 2. The van der Waals surface area contributed by atoms with E-state index in [-0.39, 0.29) is 48.2 Å². The van der Waals surface area contributed by atoms with E-state index in [2.05, 4.69) is 11.5 Å². The monoisotopic (exact) mass is 854 g/mol. The Bertz CT molecular complexity index is 2050. The summed E-state index contributed by atoms with van der Waals surface area (Å²) in [6.45, 7) is 4.73. The van der Waals surface area contributed by atoms with E-state index in [1.807, 2.05) is 60.7 Å². The molecule has 2 saturated heterocycles. The number of aryl methyl sites for hydroxylation is 2. The fourth-order valence-electron chi connectivity index (χ4n) is 5.65. The Labute approximate surface area is 355 Å². The maximum Gasteiger partial charge on any atom is 0.417 e. The fraction of sp³-hybridized carbons (Fsp3) is 0.273. The van der Waals surface area contributed by atoms with Gasteiger partial charge in [-0.05, 0) is 49.2 Å². The van der Waals surface area contributed by atoms with Gasteiger partial charge in [-0.2, -0.15) is 0 Å². The molecule has 2 heterocycles. The van der Waals surface area contributed by atoms with Crippen molar-refractivity contribution in [2.75, 3.05) is 13.1 Å². The quantitative estimate of drug-likeness (QED) is 0.147. The molecular weight excluding hydrogens is 808 g/mol. The number of rotatable bonds is 11. The number of carboxylic acids is 2. The number of carboxylic acid groups (broad SMARTS) is 2. The molecule has 2 aliphatic rings. The fourth-order valence-corrected chi connectivity index (χ4v) is 5.65. The molecule has 0 aromatic heterocycles. The number of hydrogen-bond acceptors (Lipinski definition) is 14. The second-order valence-corrected chi connectivity index (χ2v) is 14.1. The van der Waals surface area contributed by atoms with Gasteiger partial charge < -0.3 is 50.2 Å². The molecule has 62 heavy (non-hydrogen) atoms. The summed E-state index contributed by atoms with van der Waals surface area (Å²) in [6.07, 6.45) is -4.73.